The summed E-state index contributed by atoms with van der Waals surface area (Å²) in [5.74, 6) is 0.591. The molecule has 0 bridgehead atoms. The Morgan fingerprint density at radius 3 is 2.82 bits per heavy atom. The van der Waals surface area contributed by atoms with Crippen LogP contribution in [-0.2, 0) is 9.53 Å². The molecule has 3 nitrogen and oxygen atoms in total. The Balaban J connectivity index is 2.08. The summed E-state index contributed by atoms with van der Waals surface area (Å²) in [6, 6.07) is 0.00921. The molecule has 1 aliphatic carbocycles. The Kier molecular flexibility index (Phi) is 2.88. The van der Waals surface area contributed by atoms with Gasteiger partial charge in [0.1, 0.15) is 0 Å². The largest absolute Gasteiger partial charge is 0.469 e. The van der Waals surface area contributed by atoms with E-state index in [9.17, 15) is 4.79 Å². The van der Waals surface area contributed by atoms with E-state index in [-0.39, 0.29) is 12.0 Å². The summed E-state index contributed by atoms with van der Waals surface area (Å²) in [5, 5.41) is 0. The number of methoxy groups -OCH3 is 1. The van der Waals surface area contributed by atoms with Gasteiger partial charge in [0, 0.05) is 6.04 Å². The van der Waals surface area contributed by atoms with Crippen molar-refractivity contribution >= 4 is 5.97 Å². The number of nitrogens with two attached hydrogens (primary N) is 1. The first-order chi connectivity index (χ1) is 5.22. The Morgan fingerprint density at radius 1 is 1.73 bits per heavy atom. The SMILES string of the molecule is COC(=O)CC(N)CC1CC1. The van der Waals surface area contributed by atoms with Crippen LogP contribution in [0.3, 0.4) is 0 Å². The maximum Gasteiger partial charge on any atom is 0.307 e. The summed E-state index contributed by atoms with van der Waals surface area (Å²) in [4.78, 5) is 10.7. The van der Waals surface area contributed by atoms with Crippen LogP contribution in [0.4, 0.5) is 0 Å². The molecule has 1 rings (SSSR count). The van der Waals surface area contributed by atoms with Gasteiger partial charge in [0.05, 0.1) is 13.5 Å². The van der Waals surface area contributed by atoms with Crippen molar-refractivity contribution in [2.24, 2.45) is 11.7 Å². The fourth-order valence-corrected chi connectivity index (χ4v) is 1.16. The Morgan fingerprint density at radius 2 is 2.36 bits per heavy atom. The molecule has 1 unspecified atom stereocenters. The lowest BCUT2D eigenvalue weighted by Gasteiger charge is -2.07. The smallest absolute Gasteiger partial charge is 0.307 e. The molecule has 0 heterocycles. The van der Waals surface area contributed by atoms with Crippen molar-refractivity contribution in [3.63, 3.8) is 0 Å². The third-order valence-electron chi connectivity index (χ3n) is 1.99. The van der Waals surface area contributed by atoms with Crippen molar-refractivity contribution in [2.75, 3.05) is 7.11 Å². The first-order valence-corrected chi connectivity index (χ1v) is 4.04. The summed E-state index contributed by atoms with van der Waals surface area (Å²) in [5.41, 5.74) is 5.69. The van der Waals surface area contributed by atoms with Crippen LogP contribution in [-0.4, -0.2) is 19.1 Å². The molecule has 3 heteroatoms. The second kappa shape index (κ2) is 3.72. The van der Waals surface area contributed by atoms with Gasteiger partial charge >= 0.3 is 5.97 Å². The molecule has 0 radical (unpaired) electrons. The van der Waals surface area contributed by atoms with Crippen LogP contribution in [0, 0.1) is 5.92 Å². The second-order valence-electron chi connectivity index (χ2n) is 3.22. The Bertz CT molecular complexity index is 143. The predicted molar refractivity (Wildman–Crippen MR) is 41.9 cm³/mol. The van der Waals surface area contributed by atoms with Crippen LogP contribution in [0.1, 0.15) is 25.7 Å². The minimum Gasteiger partial charge on any atom is -0.469 e. The zero-order chi connectivity index (χ0) is 8.27. The molecule has 1 saturated carbocycles. The zero-order valence-electron chi connectivity index (χ0n) is 6.88. The van der Waals surface area contributed by atoms with Gasteiger partial charge in [0.2, 0.25) is 0 Å². The standard InChI is InChI=1S/C8H15NO2/c1-11-8(10)5-7(9)4-6-2-3-6/h6-7H,2-5,9H2,1H3. The normalized spacial score (nSPS) is 19.5. The Hall–Kier alpha value is -0.570. The number of hydrogen-bond donors (Lipinski definition) is 1. The highest BCUT2D eigenvalue weighted by atomic mass is 16.5. The highest BCUT2D eigenvalue weighted by molar-refractivity contribution is 5.69. The topological polar surface area (TPSA) is 52.3 Å². The summed E-state index contributed by atoms with van der Waals surface area (Å²) in [6.45, 7) is 0. The van der Waals surface area contributed by atoms with Gasteiger partial charge in [0.15, 0.2) is 0 Å². The Labute approximate surface area is 66.9 Å². The maximum absolute atomic E-state index is 10.7. The summed E-state index contributed by atoms with van der Waals surface area (Å²) in [6.07, 6.45) is 3.92. The molecule has 11 heavy (non-hydrogen) atoms. The maximum atomic E-state index is 10.7. The van der Waals surface area contributed by atoms with Gasteiger partial charge in [-0.05, 0) is 12.3 Å². The molecule has 0 amide bonds. The summed E-state index contributed by atoms with van der Waals surface area (Å²) >= 11 is 0. The van der Waals surface area contributed by atoms with E-state index in [1.54, 1.807) is 0 Å². The van der Waals surface area contributed by atoms with Gasteiger partial charge in [-0.2, -0.15) is 0 Å². The van der Waals surface area contributed by atoms with Crippen molar-refractivity contribution < 1.29 is 9.53 Å². The number of esters is 1. The predicted octanol–water partition coefficient (Wildman–Crippen LogP) is 0.677. The van der Waals surface area contributed by atoms with Gasteiger partial charge in [-0.1, -0.05) is 12.8 Å². The molecule has 1 aliphatic rings. The minimum absolute atomic E-state index is 0.00921. The molecule has 1 atom stereocenters. The highest BCUT2D eigenvalue weighted by Gasteiger charge is 2.24. The summed E-state index contributed by atoms with van der Waals surface area (Å²) in [7, 11) is 1.40. The van der Waals surface area contributed by atoms with Crippen LogP contribution in [0.25, 0.3) is 0 Å². The molecule has 0 aromatic heterocycles. The minimum atomic E-state index is -0.196. The molecule has 1 fully saturated rings. The van der Waals surface area contributed by atoms with Crippen molar-refractivity contribution in [1.29, 1.82) is 0 Å². The molecular weight excluding hydrogens is 142 g/mol. The van der Waals surface area contributed by atoms with Crippen LogP contribution in [0.2, 0.25) is 0 Å². The number of ether oxygens (including phenoxy) is 1. The average Bonchev–Trinajstić information content (AvgIpc) is 2.71. The fraction of sp³-hybridized carbons (Fsp3) is 0.875. The van der Waals surface area contributed by atoms with Crippen molar-refractivity contribution in [3.05, 3.63) is 0 Å². The average molecular weight is 157 g/mol. The van der Waals surface area contributed by atoms with Gasteiger partial charge < -0.3 is 10.5 Å². The monoisotopic (exact) mass is 157 g/mol. The lowest BCUT2D eigenvalue weighted by molar-refractivity contribution is -0.141. The van der Waals surface area contributed by atoms with Crippen molar-refractivity contribution in [3.8, 4) is 0 Å². The molecule has 0 spiro atoms. The highest BCUT2D eigenvalue weighted by Crippen LogP contribution is 2.33. The van der Waals surface area contributed by atoms with Crippen LogP contribution in [0.15, 0.2) is 0 Å². The molecule has 0 aromatic rings. The molecule has 0 saturated heterocycles. The third-order valence-corrected chi connectivity index (χ3v) is 1.99. The van der Waals surface area contributed by atoms with Crippen molar-refractivity contribution in [1.82, 2.24) is 0 Å². The van der Waals surface area contributed by atoms with E-state index in [2.05, 4.69) is 4.74 Å². The van der Waals surface area contributed by atoms with E-state index in [1.807, 2.05) is 0 Å². The molecule has 2 N–H and O–H groups in total. The van der Waals surface area contributed by atoms with Gasteiger partial charge in [-0.3, -0.25) is 4.79 Å². The number of hydrogen-bond acceptors (Lipinski definition) is 3. The van der Waals surface area contributed by atoms with Gasteiger partial charge in [-0.25, -0.2) is 0 Å². The molecule has 0 aromatic carbocycles. The van der Waals surface area contributed by atoms with Crippen molar-refractivity contribution in [2.45, 2.75) is 31.7 Å². The third kappa shape index (κ3) is 3.37. The quantitative estimate of drug-likeness (QED) is 0.610. The van der Waals surface area contributed by atoms with Crippen LogP contribution >= 0.6 is 0 Å². The van der Waals surface area contributed by atoms with Gasteiger partial charge in [0.25, 0.3) is 0 Å². The number of rotatable bonds is 4. The second-order valence-corrected chi connectivity index (χ2v) is 3.22. The summed E-state index contributed by atoms with van der Waals surface area (Å²) < 4.78 is 4.50. The van der Waals surface area contributed by atoms with Crippen LogP contribution < -0.4 is 5.73 Å². The zero-order valence-corrected chi connectivity index (χ0v) is 6.88. The van der Waals surface area contributed by atoms with E-state index < -0.39 is 0 Å². The molecular formula is C8H15NO2. The van der Waals surface area contributed by atoms with E-state index >= 15 is 0 Å². The first-order valence-electron chi connectivity index (χ1n) is 4.04. The van der Waals surface area contributed by atoms with E-state index in [1.165, 1.54) is 20.0 Å². The molecule has 64 valence electrons. The lowest BCUT2D eigenvalue weighted by Crippen LogP contribution is -2.24. The fourth-order valence-electron chi connectivity index (χ4n) is 1.16. The van der Waals surface area contributed by atoms with E-state index in [0.29, 0.717) is 6.42 Å². The lowest BCUT2D eigenvalue weighted by atomic mass is 10.1. The molecule has 0 aliphatic heterocycles. The number of carbonyl (C=O) groups excluding carboxylic acids is 1. The van der Waals surface area contributed by atoms with Gasteiger partial charge in [-0.15, -0.1) is 0 Å². The van der Waals surface area contributed by atoms with E-state index in [0.717, 1.165) is 12.3 Å². The van der Waals surface area contributed by atoms with Crippen LogP contribution in [0.5, 0.6) is 0 Å². The number of carbonyl (C=O) groups is 1. The van der Waals surface area contributed by atoms with E-state index in [4.69, 9.17) is 5.73 Å². The first kappa shape index (κ1) is 8.53.